The topological polar surface area (TPSA) is 119 Å². The van der Waals surface area contributed by atoms with Crippen molar-refractivity contribution in [2.45, 2.75) is 38.0 Å². The summed E-state index contributed by atoms with van der Waals surface area (Å²) in [5.41, 5.74) is 0.141. The fourth-order valence-corrected chi connectivity index (χ4v) is 3.07. The van der Waals surface area contributed by atoms with Crippen molar-refractivity contribution in [1.82, 2.24) is 20.4 Å². The maximum Gasteiger partial charge on any atom is 0.254 e. The van der Waals surface area contributed by atoms with Crippen LogP contribution in [0.5, 0.6) is 0 Å². The lowest BCUT2D eigenvalue weighted by molar-refractivity contribution is -0.126. The summed E-state index contributed by atoms with van der Waals surface area (Å²) in [5, 5.41) is 30.1. The standard InChI is InChI=1S/C17H22N4O4/c1-17(2,25)6-15(23)19-13-8-21(9-14(13)22)16(24)10-4-3-5-12-11(10)7-18-20-12/h3-5,7,13-14,22,25H,6,8-9H2,1-2H3,(H,18,20)(H,19,23)/t13-,14-/m1/s1. The molecule has 0 radical (unpaired) electrons. The average Bonchev–Trinajstić information content (AvgIpc) is 3.11. The van der Waals surface area contributed by atoms with Crippen LogP contribution in [0.25, 0.3) is 10.9 Å². The number of amides is 2. The van der Waals surface area contributed by atoms with Gasteiger partial charge in [-0.15, -0.1) is 0 Å². The molecule has 8 heteroatoms. The van der Waals surface area contributed by atoms with Crippen molar-refractivity contribution >= 4 is 22.7 Å². The molecule has 2 atom stereocenters. The fraction of sp³-hybridized carbons (Fsp3) is 0.471. The molecule has 3 rings (SSSR count). The first-order chi connectivity index (χ1) is 11.7. The van der Waals surface area contributed by atoms with Crippen molar-refractivity contribution in [2.75, 3.05) is 13.1 Å². The molecule has 1 aliphatic heterocycles. The van der Waals surface area contributed by atoms with Gasteiger partial charge in [0.05, 0.1) is 41.4 Å². The molecule has 1 aromatic carbocycles. The number of aliphatic hydroxyl groups is 2. The Kier molecular flexibility index (Phi) is 4.49. The van der Waals surface area contributed by atoms with E-state index < -0.39 is 17.7 Å². The summed E-state index contributed by atoms with van der Waals surface area (Å²) in [6.45, 7) is 3.43. The Labute approximate surface area is 144 Å². The van der Waals surface area contributed by atoms with E-state index in [0.717, 1.165) is 10.9 Å². The number of carbonyl (C=O) groups excluding carboxylic acids is 2. The normalized spacial score (nSPS) is 20.9. The number of aliphatic hydroxyl groups excluding tert-OH is 1. The lowest BCUT2D eigenvalue weighted by atomic mass is 10.0. The Bertz CT molecular complexity index is 795. The van der Waals surface area contributed by atoms with Gasteiger partial charge in [0, 0.05) is 18.5 Å². The summed E-state index contributed by atoms with van der Waals surface area (Å²) < 4.78 is 0. The Morgan fingerprint density at radius 3 is 2.88 bits per heavy atom. The average molecular weight is 346 g/mol. The number of hydrogen-bond acceptors (Lipinski definition) is 5. The van der Waals surface area contributed by atoms with E-state index in [0.29, 0.717) is 5.56 Å². The molecule has 8 nitrogen and oxygen atoms in total. The predicted molar refractivity (Wildman–Crippen MR) is 90.8 cm³/mol. The van der Waals surface area contributed by atoms with Crippen molar-refractivity contribution in [1.29, 1.82) is 0 Å². The minimum absolute atomic E-state index is 0.0709. The molecule has 0 spiro atoms. The van der Waals surface area contributed by atoms with Crippen LogP contribution in [0.15, 0.2) is 24.4 Å². The van der Waals surface area contributed by atoms with Crippen LogP contribution >= 0.6 is 0 Å². The van der Waals surface area contributed by atoms with Crippen LogP contribution < -0.4 is 5.32 Å². The van der Waals surface area contributed by atoms with Gasteiger partial charge in [-0.2, -0.15) is 5.10 Å². The Morgan fingerprint density at radius 1 is 1.40 bits per heavy atom. The number of nitrogens with one attached hydrogen (secondary N) is 2. The van der Waals surface area contributed by atoms with E-state index in [1.54, 1.807) is 32.2 Å². The fourth-order valence-electron chi connectivity index (χ4n) is 3.07. The smallest absolute Gasteiger partial charge is 0.254 e. The van der Waals surface area contributed by atoms with E-state index in [-0.39, 0.29) is 31.3 Å². The predicted octanol–water partition coefficient (Wildman–Crippen LogP) is 0.0254. The maximum atomic E-state index is 12.8. The summed E-state index contributed by atoms with van der Waals surface area (Å²) >= 11 is 0. The second-order valence-electron chi connectivity index (χ2n) is 7.08. The molecule has 2 heterocycles. The SMILES string of the molecule is CC(C)(O)CC(=O)N[C@@H]1CN(C(=O)c2cccc3[nH]ncc23)C[C@H]1O. The first-order valence-electron chi connectivity index (χ1n) is 8.16. The zero-order valence-corrected chi connectivity index (χ0v) is 14.2. The number of H-pyrrole nitrogens is 1. The van der Waals surface area contributed by atoms with Crippen LogP contribution in [0.2, 0.25) is 0 Å². The highest BCUT2D eigenvalue weighted by molar-refractivity contribution is 6.06. The quantitative estimate of drug-likeness (QED) is 0.623. The van der Waals surface area contributed by atoms with Gasteiger partial charge in [-0.3, -0.25) is 14.7 Å². The second kappa shape index (κ2) is 6.45. The molecule has 0 unspecified atom stereocenters. The van der Waals surface area contributed by atoms with Crippen LogP contribution in [0.3, 0.4) is 0 Å². The van der Waals surface area contributed by atoms with E-state index >= 15 is 0 Å². The van der Waals surface area contributed by atoms with Gasteiger partial charge in [-0.05, 0) is 26.0 Å². The molecular weight excluding hydrogens is 324 g/mol. The number of aromatic amines is 1. The zero-order valence-electron chi connectivity index (χ0n) is 14.2. The van der Waals surface area contributed by atoms with Crippen molar-refractivity contribution in [3.8, 4) is 0 Å². The molecule has 1 saturated heterocycles. The Morgan fingerprint density at radius 2 is 2.16 bits per heavy atom. The molecule has 25 heavy (non-hydrogen) atoms. The Balaban J connectivity index is 1.70. The molecule has 0 saturated carbocycles. The van der Waals surface area contributed by atoms with Crippen LogP contribution in [-0.2, 0) is 4.79 Å². The minimum atomic E-state index is -1.12. The number of rotatable bonds is 4. The number of fused-ring (bicyclic) bond motifs is 1. The third kappa shape index (κ3) is 3.80. The van der Waals surface area contributed by atoms with Gasteiger partial charge in [0.15, 0.2) is 0 Å². The molecule has 1 fully saturated rings. The number of nitrogens with zero attached hydrogens (tertiary/aromatic N) is 2. The monoisotopic (exact) mass is 346 g/mol. The maximum absolute atomic E-state index is 12.8. The summed E-state index contributed by atoms with van der Waals surface area (Å²) in [7, 11) is 0. The molecule has 4 N–H and O–H groups in total. The van der Waals surface area contributed by atoms with Gasteiger partial charge in [0.25, 0.3) is 5.91 Å². The first-order valence-corrected chi connectivity index (χ1v) is 8.16. The largest absolute Gasteiger partial charge is 0.390 e. The van der Waals surface area contributed by atoms with Crippen LogP contribution in [0.4, 0.5) is 0 Å². The minimum Gasteiger partial charge on any atom is -0.390 e. The molecule has 2 aromatic rings. The van der Waals surface area contributed by atoms with E-state index in [9.17, 15) is 19.8 Å². The highest BCUT2D eigenvalue weighted by atomic mass is 16.3. The number of aromatic nitrogens is 2. The van der Waals surface area contributed by atoms with Gasteiger partial charge in [-0.25, -0.2) is 0 Å². The lowest BCUT2D eigenvalue weighted by Gasteiger charge is -2.20. The van der Waals surface area contributed by atoms with E-state index in [4.69, 9.17) is 0 Å². The first kappa shape index (κ1) is 17.4. The van der Waals surface area contributed by atoms with Gasteiger partial charge < -0.3 is 20.4 Å². The molecule has 2 amide bonds. The van der Waals surface area contributed by atoms with Gasteiger partial charge in [0.2, 0.25) is 5.91 Å². The summed E-state index contributed by atoms with van der Waals surface area (Å²) in [5.74, 6) is -0.576. The summed E-state index contributed by atoms with van der Waals surface area (Å²) in [6, 6.07) is 4.76. The zero-order chi connectivity index (χ0) is 18.2. The number of benzene rings is 1. The third-order valence-electron chi connectivity index (χ3n) is 4.23. The van der Waals surface area contributed by atoms with Gasteiger partial charge >= 0.3 is 0 Å². The molecule has 134 valence electrons. The van der Waals surface area contributed by atoms with E-state index in [1.165, 1.54) is 4.90 Å². The number of likely N-dealkylation sites (tertiary alicyclic amines) is 1. The summed E-state index contributed by atoms with van der Waals surface area (Å²) in [4.78, 5) is 26.2. The van der Waals surface area contributed by atoms with Gasteiger partial charge in [0.1, 0.15) is 0 Å². The second-order valence-corrected chi connectivity index (χ2v) is 7.08. The van der Waals surface area contributed by atoms with E-state index in [1.807, 2.05) is 6.07 Å². The Hall–Kier alpha value is -2.45. The van der Waals surface area contributed by atoms with Crippen molar-refractivity contribution in [3.63, 3.8) is 0 Å². The highest BCUT2D eigenvalue weighted by Gasteiger charge is 2.36. The molecular formula is C17H22N4O4. The molecule has 1 aliphatic rings. The number of hydrogen-bond donors (Lipinski definition) is 4. The van der Waals surface area contributed by atoms with Crippen LogP contribution in [0.1, 0.15) is 30.6 Å². The lowest BCUT2D eigenvalue weighted by Crippen LogP contribution is -2.45. The summed E-state index contributed by atoms with van der Waals surface area (Å²) in [6.07, 6.45) is 0.675. The number of β-amino-alcohol motifs (C(OH)–C–C–N with tert-alkyl or cyclic N) is 1. The highest BCUT2D eigenvalue weighted by Crippen LogP contribution is 2.21. The van der Waals surface area contributed by atoms with E-state index in [2.05, 4.69) is 15.5 Å². The number of carbonyl (C=O) groups is 2. The van der Waals surface area contributed by atoms with Gasteiger partial charge in [-0.1, -0.05) is 6.07 Å². The molecule has 1 aromatic heterocycles. The third-order valence-corrected chi connectivity index (χ3v) is 4.23. The van der Waals surface area contributed by atoms with Crippen LogP contribution in [-0.4, -0.2) is 68.0 Å². The van der Waals surface area contributed by atoms with Crippen molar-refractivity contribution in [2.24, 2.45) is 0 Å². The molecule has 0 bridgehead atoms. The van der Waals surface area contributed by atoms with Crippen molar-refractivity contribution in [3.05, 3.63) is 30.0 Å². The van der Waals surface area contributed by atoms with Crippen LogP contribution in [0, 0.1) is 0 Å². The molecule has 0 aliphatic carbocycles. The van der Waals surface area contributed by atoms with Crippen molar-refractivity contribution < 1.29 is 19.8 Å².